The van der Waals surface area contributed by atoms with Crippen LogP contribution >= 0.6 is 0 Å². The van der Waals surface area contributed by atoms with E-state index < -0.39 is 5.97 Å². The number of rotatable bonds is 8. The predicted molar refractivity (Wildman–Crippen MR) is 107 cm³/mol. The number of nitrogens with one attached hydrogen (secondary N) is 2. The number of carboxylic acid groups (broad SMARTS) is 1. The SMILES string of the molecule is CCN(CC(=O)O)C1CC(NC(=O)NCc2cccc(N3CCOCC3)c2)C1. The minimum atomic E-state index is -0.810. The van der Waals surface area contributed by atoms with Crippen molar-refractivity contribution in [2.75, 3.05) is 44.3 Å². The Morgan fingerprint density at radius 3 is 2.71 bits per heavy atom. The summed E-state index contributed by atoms with van der Waals surface area (Å²) in [6.07, 6.45) is 1.59. The molecule has 1 aromatic carbocycles. The van der Waals surface area contributed by atoms with Crippen LogP contribution in [0.15, 0.2) is 24.3 Å². The van der Waals surface area contributed by atoms with Gasteiger partial charge in [0.25, 0.3) is 0 Å². The normalized spacial score (nSPS) is 21.9. The Bertz CT molecular complexity index is 672. The largest absolute Gasteiger partial charge is 0.480 e. The lowest BCUT2D eigenvalue weighted by molar-refractivity contribution is -0.139. The van der Waals surface area contributed by atoms with E-state index in [2.05, 4.69) is 27.7 Å². The second-order valence-corrected chi connectivity index (χ2v) is 7.38. The van der Waals surface area contributed by atoms with Crippen molar-refractivity contribution in [1.82, 2.24) is 15.5 Å². The van der Waals surface area contributed by atoms with Crippen LogP contribution in [-0.2, 0) is 16.1 Å². The first-order valence-electron chi connectivity index (χ1n) is 9.97. The number of hydrogen-bond donors (Lipinski definition) is 3. The maximum absolute atomic E-state index is 12.2. The van der Waals surface area contributed by atoms with Crippen LogP contribution < -0.4 is 15.5 Å². The van der Waals surface area contributed by atoms with Gasteiger partial charge in [-0.15, -0.1) is 0 Å². The fraction of sp³-hybridized carbons (Fsp3) is 0.600. The molecule has 3 N–H and O–H groups in total. The van der Waals surface area contributed by atoms with E-state index in [1.54, 1.807) is 0 Å². The van der Waals surface area contributed by atoms with Crippen molar-refractivity contribution in [2.24, 2.45) is 0 Å². The van der Waals surface area contributed by atoms with Gasteiger partial charge in [0.2, 0.25) is 0 Å². The highest BCUT2D eigenvalue weighted by molar-refractivity contribution is 5.74. The molecule has 1 saturated carbocycles. The molecule has 28 heavy (non-hydrogen) atoms. The standard InChI is InChI=1S/C20H30N4O4/c1-2-23(14-19(25)26)18-11-16(12-18)22-20(27)21-13-15-4-3-5-17(10-15)24-6-8-28-9-7-24/h3-5,10,16,18H,2,6-9,11-14H2,1H3,(H,25,26)(H2,21,22,27). The van der Waals surface area contributed by atoms with Gasteiger partial charge < -0.3 is 25.4 Å². The average Bonchev–Trinajstić information content (AvgIpc) is 2.68. The van der Waals surface area contributed by atoms with Crippen LogP contribution in [0.4, 0.5) is 10.5 Å². The zero-order valence-corrected chi connectivity index (χ0v) is 16.4. The molecule has 154 valence electrons. The third-order valence-electron chi connectivity index (χ3n) is 5.45. The molecule has 8 nitrogen and oxygen atoms in total. The minimum absolute atomic E-state index is 0.0551. The van der Waals surface area contributed by atoms with E-state index in [-0.39, 0.29) is 24.7 Å². The number of hydrogen-bond acceptors (Lipinski definition) is 5. The van der Waals surface area contributed by atoms with Crippen LogP contribution in [-0.4, -0.2) is 73.5 Å². The second kappa shape index (κ2) is 9.75. The molecule has 0 unspecified atom stereocenters. The number of benzene rings is 1. The van der Waals surface area contributed by atoms with Crippen molar-refractivity contribution in [3.63, 3.8) is 0 Å². The number of amides is 2. The summed E-state index contributed by atoms with van der Waals surface area (Å²) < 4.78 is 5.39. The highest BCUT2D eigenvalue weighted by atomic mass is 16.5. The molecule has 8 heteroatoms. The third-order valence-corrected chi connectivity index (χ3v) is 5.45. The monoisotopic (exact) mass is 390 g/mol. The van der Waals surface area contributed by atoms with E-state index in [9.17, 15) is 9.59 Å². The van der Waals surface area contributed by atoms with Gasteiger partial charge in [0, 0.05) is 37.4 Å². The molecular formula is C20H30N4O4. The molecule has 1 aliphatic carbocycles. The first-order chi connectivity index (χ1) is 13.5. The van der Waals surface area contributed by atoms with E-state index in [1.807, 2.05) is 24.0 Å². The molecule has 2 fully saturated rings. The summed E-state index contributed by atoms with van der Waals surface area (Å²) in [6, 6.07) is 8.37. The highest BCUT2D eigenvalue weighted by Gasteiger charge is 2.34. The van der Waals surface area contributed by atoms with Gasteiger partial charge >= 0.3 is 12.0 Å². The number of carboxylic acids is 1. The number of aliphatic carboxylic acids is 1. The van der Waals surface area contributed by atoms with Gasteiger partial charge in [0.05, 0.1) is 19.8 Å². The lowest BCUT2D eigenvalue weighted by Crippen LogP contribution is -2.56. The van der Waals surface area contributed by atoms with E-state index in [1.165, 1.54) is 0 Å². The fourth-order valence-corrected chi connectivity index (χ4v) is 3.78. The number of anilines is 1. The first-order valence-corrected chi connectivity index (χ1v) is 9.97. The molecular weight excluding hydrogens is 360 g/mol. The zero-order valence-electron chi connectivity index (χ0n) is 16.4. The number of carbonyl (C=O) groups is 2. The fourth-order valence-electron chi connectivity index (χ4n) is 3.78. The maximum Gasteiger partial charge on any atom is 0.317 e. The van der Waals surface area contributed by atoms with Gasteiger partial charge in [-0.05, 0) is 37.1 Å². The molecule has 1 heterocycles. The Morgan fingerprint density at radius 1 is 1.29 bits per heavy atom. The Balaban J connectivity index is 1.40. The summed E-state index contributed by atoms with van der Waals surface area (Å²) in [5.41, 5.74) is 2.21. The summed E-state index contributed by atoms with van der Waals surface area (Å²) in [5.74, 6) is -0.810. The Labute approximate surface area is 165 Å². The Hall–Kier alpha value is -2.32. The van der Waals surface area contributed by atoms with E-state index in [4.69, 9.17) is 9.84 Å². The van der Waals surface area contributed by atoms with Gasteiger partial charge in [0.15, 0.2) is 0 Å². The number of likely N-dealkylation sites (N-methyl/N-ethyl adjacent to an activating group) is 1. The number of morpholine rings is 1. The number of urea groups is 1. The molecule has 1 aliphatic heterocycles. The van der Waals surface area contributed by atoms with Gasteiger partial charge in [-0.1, -0.05) is 19.1 Å². The quantitative estimate of drug-likeness (QED) is 0.619. The van der Waals surface area contributed by atoms with Crippen LogP contribution in [0.3, 0.4) is 0 Å². The van der Waals surface area contributed by atoms with Crippen molar-refractivity contribution in [1.29, 1.82) is 0 Å². The molecule has 0 atom stereocenters. The van der Waals surface area contributed by atoms with Crippen LogP contribution in [0.5, 0.6) is 0 Å². The van der Waals surface area contributed by atoms with Crippen molar-refractivity contribution < 1.29 is 19.4 Å². The zero-order chi connectivity index (χ0) is 19.9. The Kier molecular flexibility index (Phi) is 7.11. The molecule has 1 saturated heterocycles. The lowest BCUT2D eigenvalue weighted by atomic mass is 9.85. The first kappa shape index (κ1) is 20.4. The van der Waals surface area contributed by atoms with Crippen molar-refractivity contribution in [3.05, 3.63) is 29.8 Å². The lowest BCUT2D eigenvalue weighted by Gasteiger charge is -2.42. The average molecular weight is 390 g/mol. The van der Waals surface area contributed by atoms with Gasteiger partial charge in [-0.3, -0.25) is 9.69 Å². The molecule has 3 rings (SSSR count). The molecule has 2 amide bonds. The topological polar surface area (TPSA) is 94.1 Å². The molecule has 2 aliphatic rings. The van der Waals surface area contributed by atoms with E-state index in [0.717, 1.165) is 50.4 Å². The number of carbonyl (C=O) groups excluding carboxylic acids is 1. The van der Waals surface area contributed by atoms with Crippen molar-refractivity contribution in [3.8, 4) is 0 Å². The molecule has 1 aromatic rings. The van der Waals surface area contributed by atoms with E-state index >= 15 is 0 Å². The minimum Gasteiger partial charge on any atom is -0.480 e. The van der Waals surface area contributed by atoms with Gasteiger partial charge in [-0.2, -0.15) is 0 Å². The van der Waals surface area contributed by atoms with E-state index in [0.29, 0.717) is 13.1 Å². The molecule has 0 radical (unpaired) electrons. The van der Waals surface area contributed by atoms with Crippen LogP contribution in [0.2, 0.25) is 0 Å². The smallest absolute Gasteiger partial charge is 0.317 e. The Morgan fingerprint density at radius 2 is 2.04 bits per heavy atom. The highest BCUT2D eigenvalue weighted by Crippen LogP contribution is 2.25. The van der Waals surface area contributed by atoms with Crippen molar-refractivity contribution >= 4 is 17.7 Å². The van der Waals surface area contributed by atoms with Gasteiger partial charge in [0.1, 0.15) is 0 Å². The number of ether oxygens (including phenoxy) is 1. The molecule has 0 bridgehead atoms. The predicted octanol–water partition coefficient (Wildman–Crippen LogP) is 1.26. The van der Waals surface area contributed by atoms with Crippen LogP contribution in [0.25, 0.3) is 0 Å². The molecule has 0 aromatic heterocycles. The van der Waals surface area contributed by atoms with Crippen LogP contribution in [0.1, 0.15) is 25.3 Å². The second-order valence-electron chi connectivity index (χ2n) is 7.38. The summed E-state index contributed by atoms with van der Waals surface area (Å²) in [5, 5.41) is 14.8. The summed E-state index contributed by atoms with van der Waals surface area (Å²) >= 11 is 0. The summed E-state index contributed by atoms with van der Waals surface area (Å²) in [7, 11) is 0. The third kappa shape index (κ3) is 5.59. The molecule has 0 spiro atoms. The number of nitrogens with zero attached hydrogens (tertiary/aromatic N) is 2. The summed E-state index contributed by atoms with van der Waals surface area (Å²) in [6.45, 7) is 6.45. The summed E-state index contributed by atoms with van der Waals surface area (Å²) in [4.78, 5) is 27.3. The van der Waals surface area contributed by atoms with Crippen molar-refractivity contribution in [2.45, 2.75) is 38.4 Å². The van der Waals surface area contributed by atoms with Crippen LogP contribution in [0, 0.1) is 0 Å². The van der Waals surface area contributed by atoms with Gasteiger partial charge in [-0.25, -0.2) is 4.79 Å². The maximum atomic E-state index is 12.2.